The number of nitro groups is 1. The number of aromatic nitrogens is 2. The van der Waals surface area contributed by atoms with Crippen molar-refractivity contribution in [3.63, 3.8) is 0 Å². The summed E-state index contributed by atoms with van der Waals surface area (Å²) in [4.78, 5) is 15.2. The summed E-state index contributed by atoms with van der Waals surface area (Å²) in [7, 11) is 1.49. The number of fused-ring (bicyclic) bond motifs is 1. The van der Waals surface area contributed by atoms with Gasteiger partial charge in [0.2, 0.25) is 5.82 Å². The van der Waals surface area contributed by atoms with Gasteiger partial charge in [0.1, 0.15) is 6.20 Å². The van der Waals surface area contributed by atoms with Gasteiger partial charge >= 0.3 is 5.82 Å². The molecule has 1 atom stereocenters. The molecule has 8 nitrogen and oxygen atoms in total. The maximum atomic E-state index is 11.0. The third-order valence-corrected chi connectivity index (χ3v) is 3.10. The molecule has 2 rings (SSSR count). The van der Waals surface area contributed by atoms with Crippen molar-refractivity contribution < 1.29 is 14.8 Å². The summed E-state index contributed by atoms with van der Waals surface area (Å²) in [5, 5.41) is 24.7. The highest BCUT2D eigenvalue weighted by Crippen LogP contribution is 2.28. The summed E-state index contributed by atoms with van der Waals surface area (Å²) in [6.07, 6.45) is 1.58. The van der Waals surface area contributed by atoms with Crippen LogP contribution in [0, 0.1) is 10.1 Å². The molecule has 1 unspecified atom stereocenters. The standard InChI is InChI=1S/C9H12N4O4S/c1-17-5-6(4-14)10-7-8(13(15)16)12-2-3-18-9(12)11-7/h2-3,6,10,14H,4-5H2,1H3. The van der Waals surface area contributed by atoms with Gasteiger partial charge in [-0.25, -0.2) is 0 Å². The molecule has 98 valence electrons. The molecule has 0 fully saturated rings. The van der Waals surface area contributed by atoms with Gasteiger partial charge in [0, 0.05) is 12.5 Å². The number of thiazole rings is 1. The van der Waals surface area contributed by atoms with Crippen LogP contribution in [0.5, 0.6) is 0 Å². The normalized spacial score (nSPS) is 12.8. The predicted octanol–water partition coefficient (Wildman–Crippen LogP) is 0.723. The number of hydrogen-bond acceptors (Lipinski definition) is 7. The monoisotopic (exact) mass is 272 g/mol. The van der Waals surface area contributed by atoms with E-state index in [1.807, 2.05) is 0 Å². The molecule has 2 aromatic rings. The summed E-state index contributed by atoms with van der Waals surface area (Å²) in [6, 6.07) is -0.432. The minimum Gasteiger partial charge on any atom is -0.394 e. The predicted molar refractivity (Wildman–Crippen MR) is 66.1 cm³/mol. The van der Waals surface area contributed by atoms with Crippen molar-refractivity contribution >= 4 is 27.9 Å². The highest BCUT2D eigenvalue weighted by molar-refractivity contribution is 7.15. The minimum atomic E-state index is -0.504. The molecule has 2 N–H and O–H groups in total. The lowest BCUT2D eigenvalue weighted by molar-refractivity contribution is -0.389. The SMILES string of the molecule is COCC(CO)Nc1nc2sccn2c1[N+](=O)[O-]. The van der Waals surface area contributed by atoms with Gasteiger partial charge < -0.3 is 25.3 Å². The van der Waals surface area contributed by atoms with Crippen molar-refractivity contribution in [2.45, 2.75) is 6.04 Å². The fraction of sp³-hybridized carbons (Fsp3) is 0.444. The van der Waals surface area contributed by atoms with Crippen LogP contribution in [-0.2, 0) is 4.74 Å². The maximum absolute atomic E-state index is 11.0. The third-order valence-electron chi connectivity index (χ3n) is 2.34. The van der Waals surface area contributed by atoms with E-state index in [0.29, 0.717) is 4.96 Å². The number of methoxy groups -OCH3 is 1. The van der Waals surface area contributed by atoms with Crippen molar-refractivity contribution in [1.82, 2.24) is 9.38 Å². The van der Waals surface area contributed by atoms with E-state index in [1.54, 1.807) is 11.6 Å². The third kappa shape index (κ3) is 2.28. The molecule has 0 saturated carbocycles. The average Bonchev–Trinajstić information content (AvgIpc) is 2.87. The summed E-state index contributed by atoms with van der Waals surface area (Å²) in [5.41, 5.74) is 0. The molecule has 9 heteroatoms. The molecular weight excluding hydrogens is 260 g/mol. The van der Waals surface area contributed by atoms with Crippen LogP contribution in [0.15, 0.2) is 11.6 Å². The van der Waals surface area contributed by atoms with Crippen LogP contribution in [-0.4, -0.2) is 45.8 Å². The molecule has 2 aromatic heterocycles. The molecule has 0 bridgehead atoms. The van der Waals surface area contributed by atoms with Crippen molar-refractivity contribution in [3.8, 4) is 0 Å². The van der Waals surface area contributed by atoms with Gasteiger partial charge in [-0.2, -0.15) is 9.38 Å². The number of nitrogens with zero attached hydrogens (tertiary/aromatic N) is 3. The number of imidazole rings is 1. The molecular formula is C9H12N4O4S. The lowest BCUT2D eigenvalue weighted by atomic mass is 10.3. The molecule has 0 spiro atoms. The highest BCUT2D eigenvalue weighted by Gasteiger charge is 2.25. The molecule has 2 heterocycles. The van der Waals surface area contributed by atoms with Gasteiger partial charge in [-0.15, -0.1) is 0 Å². The van der Waals surface area contributed by atoms with Crippen molar-refractivity contribution in [2.75, 3.05) is 25.6 Å². The summed E-state index contributed by atoms with van der Waals surface area (Å²) in [5.74, 6) is 0.00348. The van der Waals surface area contributed by atoms with E-state index in [1.165, 1.54) is 22.8 Å². The Balaban J connectivity index is 2.34. The van der Waals surface area contributed by atoms with Gasteiger partial charge in [0.15, 0.2) is 0 Å². The van der Waals surface area contributed by atoms with Crippen LogP contribution in [0.2, 0.25) is 0 Å². The van der Waals surface area contributed by atoms with Gasteiger partial charge in [-0.05, 0) is 4.92 Å². The number of anilines is 1. The van der Waals surface area contributed by atoms with E-state index >= 15 is 0 Å². The second-order valence-corrected chi connectivity index (χ2v) is 4.45. The zero-order valence-electron chi connectivity index (χ0n) is 9.57. The first-order valence-corrected chi connectivity index (χ1v) is 6.01. The fourth-order valence-electron chi connectivity index (χ4n) is 1.58. The Hall–Kier alpha value is -1.71. The van der Waals surface area contributed by atoms with E-state index in [-0.39, 0.29) is 24.8 Å². The van der Waals surface area contributed by atoms with Crippen LogP contribution in [0.1, 0.15) is 0 Å². The van der Waals surface area contributed by atoms with Gasteiger partial charge in [-0.3, -0.25) is 0 Å². The summed E-state index contributed by atoms with van der Waals surface area (Å²) in [6.45, 7) is 0.0367. The lowest BCUT2D eigenvalue weighted by Crippen LogP contribution is -2.29. The molecule has 0 aliphatic rings. The van der Waals surface area contributed by atoms with Crippen LogP contribution >= 0.6 is 11.3 Å². The first kappa shape index (κ1) is 12.7. The summed E-state index contributed by atoms with van der Waals surface area (Å²) >= 11 is 1.30. The van der Waals surface area contributed by atoms with Crippen molar-refractivity contribution in [3.05, 3.63) is 21.7 Å². The Morgan fingerprint density at radius 2 is 2.56 bits per heavy atom. The van der Waals surface area contributed by atoms with Gasteiger partial charge in [0.25, 0.3) is 4.96 Å². The van der Waals surface area contributed by atoms with E-state index in [2.05, 4.69) is 10.3 Å². The van der Waals surface area contributed by atoms with Crippen molar-refractivity contribution in [1.29, 1.82) is 0 Å². The Morgan fingerprint density at radius 3 is 3.17 bits per heavy atom. The topological polar surface area (TPSA) is 102 Å². The van der Waals surface area contributed by atoms with E-state index in [9.17, 15) is 10.1 Å². The number of aliphatic hydroxyl groups excluding tert-OH is 1. The zero-order valence-corrected chi connectivity index (χ0v) is 10.4. The molecule has 0 radical (unpaired) electrons. The maximum Gasteiger partial charge on any atom is 0.372 e. The Bertz CT molecular complexity index is 552. The van der Waals surface area contributed by atoms with Crippen LogP contribution in [0.25, 0.3) is 4.96 Å². The fourth-order valence-corrected chi connectivity index (χ4v) is 2.29. The van der Waals surface area contributed by atoms with E-state index < -0.39 is 11.0 Å². The van der Waals surface area contributed by atoms with Crippen LogP contribution in [0.4, 0.5) is 11.6 Å². The average molecular weight is 272 g/mol. The molecule has 0 aromatic carbocycles. The number of ether oxygens (including phenoxy) is 1. The molecule has 0 amide bonds. The lowest BCUT2D eigenvalue weighted by Gasteiger charge is -2.13. The van der Waals surface area contributed by atoms with E-state index in [0.717, 1.165) is 0 Å². The Labute approximate surface area is 106 Å². The second-order valence-electron chi connectivity index (χ2n) is 3.58. The molecule has 0 aliphatic carbocycles. The van der Waals surface area contributed by atoms with Crippen molar-refractivity contribution in [2.24, 2.45) is 0 Å². The van der Waals surface area contributed by atoms with E-state index in [4.69, 9.17) is 9.84 Å². The smallest absolute Gasteiger partial charge is 0.372 e. The zero-order chi connectivity index (χ0) is 13.1. The number of nitrogens with one attached hydrogen (secondary N) is 1. The van der Waals surface area contributed by atoms with Gasteiger partial charge in [-0.1, -0.05) is 11.3 Å². The highest BCUT2D eigenvalue weighted by atomic mass is 32.1. The quantitative estimate of drug-likeness (QED) is 0.593. The second kappa shape index (κ2) is 5.29. The number of rotatable bonds is 6. The Morgan fingerprint density at radius 1 is 1.78 bits per heavy atom. The Kier molecular flexibility index (Phi) is 3.75. The number of hydrogen-bond donors (Lipinski definition) is 2. The van der Waals surface area contributed by atoms with Gasteiger partial charge in [0.05, 0.1) is 19.3 Å². The van der Waals surface area contributed by atoms with Crippen LogP contribution < -0.4 is 5.32 Å². The molecule has 0 saturated heterocycles. The molecule has 0 aliphatic heterocycles. The van der Waals surface area contributed by atoms with Crippen LogP contribution in [0.3, 0.4) is 0 Å². The molecule has 18 heavy (non-hydrogen) atoms. The first-order valence-electron chi connectivity index (χ1n) is 5.13. The first-order chi connectivity index (χ1) is 8.67. The summed E-state index contributed by atoms with van der Waals surface area (Å²) < 4.78 is 6.30. The minimum absolute atomic E-state index is 0.138. The largest absolute Gasteiger partial charge is 0.394 e. The number of aliphatic hydroxyl groups is 1.